The standard InChI is InChI=1S/C2H3N.K.H4O7P2.H/c1-2-3;;1-8(2,3)7-9(4,5)6;/h1H3;;(H2,1,2,3)(H2,4,5,6);. The fraction of sp³-hybridized carbons (Fsp3) is 0.500. The quantitative estimate of drug-likeness (QED) is 0.367. The van der Waals surface area contributed by atoms with Gasteiger partial charge in [0.2, 0.25) is 0 Å². The molecule has 0 aromatic carbocycles. The van der Waals surface area contributed by atoms with Gasteiger partial charge in [-0.05, 0) is 0 Å². The summed E-state index contributed by atoms with van der Waals surface area (Å²) in [6, 6.07) is 1.75. The molecule has 0 saturated heterocycles. The Kier molecular flexibility index (Phi) is 13.3. The fourth-order valence-electron chi connectivity index (χ4n) is 0.139. The third-order valence-corrected chi connectivity index (χ3v) is 1.91. The van der Waals surface area contributed by atoms with E-state index in [2.05, 4.69) is 4.31 Å². The minimum atomic E-state index is -5.05. The van der Waals surface area contributed by atoms with Crippen LogP contribution >= 0.6 is 15.6 Å². The number of hydrogen-bond acceptors (Lipinski definition) is 4. The zero-order valence-electron chi connectivity index (χ0n) is 5.86. The number of rotatable bonds is 2. The first-order valence-electron chi connectivity index (χ1n) is 2.25. The summed E-state index contributed by atoms with van der Waals surface area (Å²) in [4.78, 5) is 31.0. The SMILES string of the molecule is CC#N.O=P(O)(O)OP(=O)(O)O.[KH]. The molecule has 11 heteroatoms. The van der Waals surface area contributed by atoms with Crippen molar-refractivity contribution in [3.05, 3.63) is 0 Å². The van der Waals surface area contributed by atoms with Crippen LogP contribution in [0.1, 0.15) is 6.92 Å². The molecule has 74 valence electrons. The number of nitrogens with zero attached hydrogens (tertiary/aromatic N) is 1. The third-order valence-electron chi connectivity index (χ3n) is 0.213. The summed E-state index contributed by atoms with van der Waals surface area (Å²) in [5, 5.41) is 7.32. The van der Waals surface area contributed by atoms with Gasteiger partial charge in [0.15, 0.2) is 0 Å². The predicted molar refractivity (Wildman–Crippen MR) is 43.6 cm³/mol. The van der Waals surface area contributed by atoms with Crippen LogP contribution in [0.2, 0.25) is 0 Å². The molecule has 0 spiro atoms. The Morgan fingerprint density at radius 3 is 1.31 bits per heavy atom. The second-order valence-corrected chi connectivity index (χ2v) is 3.90. The number of phosphoric acid groups is 2. The van der Waals surface area contributed by atoms with Gasteiger partial charge in [0.05, 0.1) is 6.07 Å². The molecule has 8 nitrogen and oxygen atoms in total. The maximum absolute atomic E-state index is 9.63. The van der Waals surface area contributed by atoms with Crippen molar-refractivity contribution in [2.75, 3.05) is 0 Å². The van der Waals surface area contributed by atoms with Crippen LogP contribution in [-0.4, -0.2) is 71.0 Å². The van der Waals surface area contributed by atoms with Crippen molar-refractivity contribution < 1.29 is 33.0 Å². The van der Waals surface area contributed by atoms with E-state index in [4.69, 9.17) is 24.8 Å². The van der Waals surface area contributed by atoms with Crippen LogP contribution in [0.4, 0.5) is 0 Å². The van der Waals surface area contributed by atoms with Gasteiger partial charge in [-0.2, -0.15) is 9.57 Å². The zero-order chi connectivity index (χ0) is 10.4. The summed E-state index contributed by atoms with van der Waals surface area (Å²) in [6.07, 6.45) is 0. The van der Waals surface area contributed by atoms with E-state index in [-0.39, 0.29) is 51.4 Å². The molecule has 0 radical (unpaired) electrons. The molecule has 0 rings (SSSR count). The molecule has 0 fully saturated rings. The average Bonchev–Trinajstić information content (AvgIpc) is 1.53. The Morgan fingerprint density at radius 2 is 1.31 bits per heavy atom. The predicted octanol–water partition coefficient (Wildman–Crippen LogP) is -0.930. The van der Waals surface area contributed by atoms with E-state index >= 15 is 0 Å². The Morgan fingerprint density at radius 1 is 1.15 bits per heavy atom. The van der Waals surface area contributed by atoms with E-state index in [9.17, 15) is 9.13 Å². The van der Waals surface area contributed by atoms with Crippen LogP contribution in [0.5, 0.6) is 0 Å². The Hall–Kier alpha value is 1.39. The molecule has 0 amide bonds. The first-order chi connectivity index (χ1) is 5.12. The van der Waals surface area contributed by atoms with Gasteiger partial charge in [-0.25, -0.2) is 9.13 Å². The van der Waals surface area contributed by atoms with Crippen LogP contribution < -0.4 is 0 Å². The molecule has 0 aliphatic carbocycles. The molecular weight excluding hydrogens is 251 g/mol. The first-order valence-corrected chi connectivity index (χ1v) is 5.31. The molecule has 13 heavy (non-hydrogen) atoms. The first kappa shape index (κ1) is 19.9. The average molecular weight is 259 g/mol. The Bertz CT molecular complexity index is 228. The van der Waals surface area contributed by atoms with Gasteiger partial charge in [0, 0.05) is 6.92 Å². The normalized spacial score (nSPS) is 10.2. The van der Waals surface area contributed by atoms with Gasteiger partial charge >= 0.3 is 67.0 Å². The van der Waals surface area contributed by atoms with Crippen molar-refractivity contribution in [2.24, 2.45) is 0 Å². The summed E-state index contributed by atoms with van der Waals surface area (Å²) in [7, 11) is -10.1. The van der Waals surface area contributed by atoms with E-state index < -0.39 is 15.6 Å². The molecule has 0 saturated carbocycles. The molecule has 0 aromatic rings. The van der Waals surface area contributed by atoms with Crippen LogP contribution in [0.25, 0.3) is 0 Å². The van der Waals surface area contributed by atoms with Crippen molar-refractivity contribution in [1.82, 2.24) is 0 Å². The van der Waals surface area contributed by atoms with Gasteiger partial charge in [-0.15, -0.1) is 0 Å². The van der Waals surface area contributed by atoms with Gasteiger partial charge in [-0.1, -0.05) is 0 Å². The van der Waals surface area contributed by atoms with Crippen LogP contribution in [-0.2, 0) is 13.4 Å². The van der Waals surface area contributed by atoms with E-state index in [1.807, 2.05) is 0 Å². The van der Waals surface area contributed by atoms with Gasteiger partial charge in [0.1, 0.15) is 0 Å². The van der Waals surface area contributed by atoms with Gasteiger partial charge in [-0.3, -0.25) is 0 Å². The summed E-state index contributed by atoms with van der Waals surface area (Å²) in [5.74, 6) is 0. The summed E-state index contributed by atoms with van der Waals surface area (Å²) < 4.78 is 22.2. The molecular formula is C2H8KNO7P2. The van der Waals surface area contributed by atoms with Gasteiger partial charge in [0.25, 0.3) is 0 Å². The molecule has 0 heterocycles. The summed E-state index contributed by atoms with van der Waals surface area (Å²) >= 11 is 0. The van der Waals surface area contributed by atoms with Crippen LogP contribution in [0, 0.1) is 11.3 Å². The topological polar surface area (TPSA) is 148 Å². The Labute approximate surface area is 117 Å². The second-order valence-electron chi connectivity index (χ2n) is 1.29. The van der Waals surface area contributed by atoms with Crippen molar-refractivity contribution >= 4 is 67.0 Å². The minimum absolute atomic E-state index is 0. The van der Waals surface area contributed by atoms with Crippen LogP contribution in [0.3, 0.4) is 0 Å². The van der Waals surface area contributed by atoms with Crippen molar-refractivity contribution in [2.45, 2.75) is 6.92 Å². The molecule has 0 bridgehead atoms. The molecule has 0 aliphatic heterocycles. The monoisotopic (exact) mass is 259 g/mol. The maximum atomic E-state index is 9.63. The second kappa shape index (κ2) is 8.68. The van der Waals surface area contributed by atoms with E-state index in [0.29, 0.717) is 0 Å². The van der Waals surface area contributed by atoms with Gasteiger partial charge < -0.3 is 19.6 Å². The van der Waals surface area contributed by atoms with E-state index in [1.54, 1.807) is 6.07 Å². The molecule has 0 aromatic heterocycles. The van der Waals surface area contributed by atoms with Crippen molar-refractivity contribution in [3.63, 3.8) is 0 Å². The Balaban J connectivity index is -0.000000220. The van der Waals surface area contributed by atoms with E-state index in [0.717, 1.165) is 0 Å². The third kappa shape index (κ3) is 31.8. The van der Waals surface area contributed by atoms with E-state index in [1.165, 1.54) is 6.92 Å². The van der Waals surface area contributed by atoms with Crippen molar-refractivity contribution in [3.8, 4) is 6.07 Å². The molecule has 0 aliphatic rings. The molecule has 0 atom stereocenters. The number of hydrogen-bond donors (Lipinski definition) is 4. The molecule has 0 unspecified atom stereocenters. The molecule has 4 N–H and O–H groups in total. The van der Waals surface area contributed by atoms with Crippen molar-refractivity contribution in [1.29, 1.82) is 5.26 Å². The summed E-state index contributed by atoms with van der Waals surface area (Å²) in [6.45, 7) is 1.43. The summed E-state index contributed by atoms with van der Waals surface area (Å²) in [5.41, 5.74) is 0. The number of nitriles is 1. The fourth-order valence-corrected chi connectivity index (χ4v) is 1.25. The zero-order valence-corrected chi connectivity index (χ0v) is 7.64. The van der Waals surface area contributed by atoms with Crippen LogP contribution in [0.15, 0.2) is 0 Å².